The first-order valence-electron chi connectivity index (χ1n) is 7.88. The predicted molar refractivity (Wildman–Crippen MR) is 86.0 cm³/mol. The minimum atomic E-state index is -0.0713. The smallest absolute Gasteiger partial charge is 0.246 e. The molecule has 0 aliphatic carbocycles. The van der Waals surface area contributed by atoms with Crippen LogP contribution in [0.15, 0.2) is 24.3 Å². The fourth-order valence-electron chi connectivity index (χ4n) is 2.91. The second kappa shape index (κ2) is 8.76. The van der Waals surface area contributed by atoms with Crippen molar-refractivity contribution in [2.75, 3.05) is 40.5 Å². The van der Waals surface area contributed by atoms with Crippen molar-refractivity contribution in [3.8, 4) is 5.75 Å². The number of methoxy groups -OCH3 is 2. The van der Waals surface area contributed by atoms with Crippen LogP contribution in [0, 0.1) is 0 Å². The topological polar surface area (TPSA) is 50.8 Å². The summed E-state index contributed by atoms with van der Waals surface area (Å²) in [5.41, 5.74) is 1.21. The lowest BCUT2D eigenvalue weighted by Crippen LogP contribution is -2.41. The molecule has 1 N–H and O–H groups in total. The molecule has 1 heterocycles. The number of ether oxygens (including phenoxy) is 2. The van der Waals surface area contributed by atoms with Crippen LogP contribution in [0.5, 0.6) is 5.75 Å². The number of nitrogens with one attached hydrogen (secondary N) is 1. The zero-order valence-corrected chi connectivity index (χ0v) is 13.5. The maximum atomic E-state index is 11.7. The predicted octanol–water partition coefficient (Wildman–Crippen LogP) is 1.98. The molecule has 1 saturated heterocycles. The summed E-state index contributed by atoms with van der Waals surface area (Å²) in [6.45, 7) is 2.87. The van der Waals surface area contributed by atoms with Crippen molar-refractivity contribution in [3.05, 3.63) is 29.8 Å². The van der Waals surface area contributed by atoms with E-state index in [4.69, 9.17) is 9.47 Å². The first kappa shape index (κ1) is 16.8. The van der Waals surface area contributed by atoms with Crippen LogP contribution in [-0.2, 0) is 9.53 Å². The minimum absolute atomic E-state index is 0.0713. The third kappa shape index (κ3) is 4.71. The fourth-order valence-corrected chi connectivity index (χ4v) is 2.91. The first-order chi connectivity index (χ1) is 10.7. The average Bonchev–Trinajstić information content (AvgIpc) is 2.57. The summed E-state index contributed by atoms with van der Waals surface area (Å²) in [6, 6.07) is 8.32. The van der Waals surface area contributed by atoms with Gasteiger partial charge in [-0.05, 0) is 43.6 Å². The molecule has 5 nitrogen and oxygen atoms in total. The molecule has 0 radical (unpaired) electrons. The summed E-state index contributed by atoms with van der Waals surface area (Å²) in [4.78, 5) is 14.1. The van der Waals surface area contributed by atoms with Crippen molar-refractivity contribution in [1.82, 2.24) is 10.2 Å². The molecule has 5 heteroatoms. The lowest BCUT2D eigenvalue weighted by Gasteiger charge is -2.35. The van der Waals surface area contributed by atoms with Gasteiger partial charge in [0.15, 0.2) is 0 Å². The number of carbonyl (C=O) groups excluding carboxylic acids is 1. The zero-order valence-electron chi connectivity index (χ0n) is 13.5. The van der Waals surface area contributed by atoms with Gasteiger partial charge in [-0.25, -0.2) is 0 Å². The number of piperidine rings is 1. The Morgan fingerprint density at radius 1 is 1.18 bits per heavy atom. The number of carbonyl (C=O) groups is 1. The molecule has 22 heavy (non-hydrogen) atoms. The van der Waals surface area contributed by atoms with Crippen molar-refractivity contribution < 1.29 is 14.3 Å². The molecule has 0 spiro atoms. The molecule has 1 fully saturated rings. The van der Waals surface area contributed by atoms with Crippen LogP contribution in [0.1, 0.15) is 30.9 Å². The molecule has 1 aliphatic rings. The highest BCUT2D eigenvalue weighted by Crippen LogP contribution is 2.25. The normalized spacial score (nSPS) is 17.0. The maximum Gasteiger partial charge on any atom is 0.246 e. The van der Waals surface area contributed by atoms with E-state index >= 15 is 0 Å². The van der Waals surface area contributed by atoms with Gasteiger partial charge in [0.1, 0.15) is 12.4 Å². The largest absolute Gasteiger partial charge is 0.497 e. The molecule has 1 atom stereocenters. The molecule has 1 aliphatic heterocycles. The molecule has 1 amide bonds. The molecule has 0 aromatic heterocycles. The maximum absolute atomic E-state index is 11.7. The highest BCUT2D eigenvalue weighted by Gasteiger charge is 2.22. The minimum Gasteiger partial charge on any atom is -0.497 e. The summed E-state index contributed by atoms with van der Waals surface area (Å²) in [5, 5.41) is 2.97. The van der Waals surface area contributed by atoms with E-state index in [1.807, 2.05) is 12.1 Å². The van der Waals surface area contributed by atoms with Gasteiger partial charge in [0.2, 0.25) is 5.91 Å². The van der Waals surface area contributed by atoms with Crippen LogP contribution >= 0.6 is 0 Å². The van der Waals surface area contributed by atoms with Crippen LogP contribution in [-0.4, -0.2) is 51.3 Å². The summed E-state index contributed by atoms with van der Waals surface area (Å²) in [7, 11) is 3.20. The summed E-state index contributed by atoms with van der Waals surface area (Å²) in [5.74, 6) is 0.780. The number of amides is 1. The second-order valence-corrected chi connectivity index (χ2v) is 5.62. The van der Waals surface area contributed by atoms with Gasteiger partial charge < -0.3 is 14.8 Å². The molecular weight excluding hydrogens is 280 g/mol. The molecular formula is C17H26N2O3. The SMILES string of the molecule is COCC(=O)NCC(c1ccc(OC)cc1)N1CCCCC1. The van der Waals surface area contributed by atoms with Crippen molar-refractivity contribution in [3.63, 3.8) is 0 Å². The van der Waals surface area contributed by atoms with Gasteiger partial charge >= 0.3 is 0 Å². The lowest BCUT2D eigenvalue weighted by molar-refractivity contribution is -0.125. The monoisotopic (exact) mass is 306 g/mol. The van der Waals surface area contributed by atoms with Gasteiger partial charge in [0, 0.05) is 13.7 Å². The summed E-state index contributed by atoms with van der Waals surface area (Å²) < 4.78 is 10.1. The Balaban J connectivity index is 2.07. The Kier molecular flexibility index (Phi) is 6.68. The Morgan fingerprint density at radius 3 is 2.45 bits per heavy atom. The molecule has 122 valence electrons. The molecule has 0 bridgehead atoms. The van der Waals surface area contributed by atoms with Crippen molar-refractivity contribution in [1.29, 1.82) is 0 Å². The first-order valence-corrected chi connectivity index (χ1v) is 7.88. The van der Waals surface area contributed by atoms with Crippen LogP contribution in [0.4, 0.5) is 0 Å². The highest BCUT2D eigenvalue weighted by atomic mass is 16.5. The second-order valence-electron chi connectivity index (χ2n) is 5.62. The molecule has 1 aromatic rings. The van der Waals surface area contributed by atoms with E-state index in [2.05, 4.69) is 22.3 Å². The number of benzene rings is 1. The molecule has 0 saturated carbocycles. The van der Waals surface area contributed by atoms with Gasteiger partial charge in [-0.3, -0.25) is 9.69 Å². The van der Waals surface area contributed by atoms with E-state index < -0.39 is 0 Å². The number of likely N-dealkylation sites (tertiary alicyclic amines) is 1. The van der Waals surface area contributed by atoms with Crippen LogP contribution in [0.3, 0.4) is 0 Å². The number of nitrogens with zero attached hydrogens (tertiary/aromatic N) is 1. The van der Waals surface area contributed by atoms with Gasteiger partial charge in [-0.1, -0.05) is 18.6 Å². The van der Waals surface area contributed by atoms with E-state index in [9.17, 15) is 4.79 Å². The fraction of sp³-hybridized carbons (Fsp3) is 0.588. The number of hydrogen-bond acceptors (Lipinski definition) is 4. The van der Waals surface area contributed by atoms with E-state index in [1.54, 1.807) is 7.11 Å². The molecule has 2 rings (SSSR count). The average molecular weight is 306 g/mol. The van der Waals surface area contributed by atoms with Gasteiger partial charge in [-0.15, -0.1) is 0 Å². The Morgan fingerprint density at radius 2 is 1.86 bits per heavy atom. The Hall–Kier alpha value is -1.59. The van der Waals surface area contributed by atoms with E-state index in [0.29, 0.717) is 6.54 Å². The van der Waals surface area contributed by atoms with E-state index in [-0.39, 0.29) is 18.6 Å². The quantitative estimate of drug-likeness (QED) is 0.837. The van der Waals surface area contributed by atoms with Crippen LogP contribution < -0.4 is 10.1 Å². The zero-order chi connectivity index (χ0) is 15.8. The molecule has 1 aromatic carbocycles. The third-order valence-electron chi connectivity index (χ3n) is 4.10. The summed E-state index contributed by atoms with van der Waals surface area (Å²) in [6.07, 6.45) is 3.74. The Labute approximate surface area is 132 Å². The van der Waals surface area contributed by atoms with Crippen LogP contribution in [0.25, 0.3) is 0 Å². The number of hydrogen-bond donors (Lipinski definition) is 1. The van der Waals surface area contributed by atoms with Gasteiger partial charge in [0.05, 0.1) is 13.2 Å². The number of rotatable bonds is 7. The van der Waals surface area contributed by atoms with Crippen molar-refractivity contribution in [2.24, 2.45) is 0 Å². The standard InChI is InChI=1S/C17H26N2O3/c1-21-13-17(20)18-12-16(19-10-4-3-5-11-19)14-6-8-15(22-2)9-7-14/h6-9,16H,3-5,10-13H2,1-2H3,(H,18,20). The van der Waals surface area contributed by atoms with Gasteiger partial charge in [-0.2, -0.15) is 0 Å². The van der Waals surface area contributed by atoms with Crippen molar-refractivity contribution >= 4 is 5.91 Å². The third-order valence-corrected chi connectivity index (χ3v) is 4.10. The van der Waals surface area contributed by atoms with E-state index in [0.717, 1.165) is 18.8 Å². The summed E-state index contributed by atoms with van der Waals surface area (Å²) >= 11 is 0. The van der Waals surface area contributed by atoms with Crippen LogP contribution in [0.2, 0.25) is 0 Å². The van der Waals surface area contributed by atoms with Crippen molar-refractivity contribution in [2.45, 2.75) is 25.3 Å². The van der Waals surface area contributed by atoms with Gasteiger partial charge in [0.25, 0.3) is 0 Å². The highest BCUT2D eigenvalue weighted by molar-refractivity contribution is 5.77. The Bertz CT molecular complexity index is 455. The lowest BCUT2D eigenvalue weighted by atomic mass is 10.0. The van der Waals surface area contributed by atoms with E-state index in [1.165, 1.54) is 31.9 Å². The molecule has 1 unspecified atom stereocenters.